The Bertz CT molecular complexity index is 491. The van der Waals surface area contributed by atoms with Crippen molar-refractivity contribution in [2.75, 3.05) is 6.54 Å². The molecule has 0 radical (unpaired) electrons. The number of hydrogen-bond donors (Lipinski definition) is 2. The number of hydrogen-bond acceptors (Lipinski definition) is 3. The average Bonchev–Trinajstić information content (AvgIpc) is 2.78. The van der Waals surface area contributed by atoms with Crippen molar-refractivity contribution in [2.24, 2.45) is 0 Å². The molecule has 96 valence electrons. The summed E-state index contributed by atoms with van der Waals surface area (Å²) >= 11 is 3.41. The number of benzene rings is 1. The van der Waals surface area contributed by atoms with Crippen LogP contribution in [0.5, 0.6) is 0 Å². The van der Waals surface area contributed by atoms with Gasteiger partial charge in [-0.15, -0.1) is 0 Å². The first-order chi connectivity index (χ1) is 8.65. The van der Waals surface area contributed by atoms with E-state index >= 15 is 0 Å². The van der Waals surface area contributed by atoms with Crippen LogP contribution in [0.15, 0.2) is 45.3 Å². The zero-order chi connectivity index (χ0) is 13.0. The summed E-state index contributed by atoms with van der Waals surface area (Å²) in [4.78, 5) is 0. The lowest BCUT2D eigenvalue weighted by Gasteiger charge is -2.04. The Balaban J connectivity index is 1.99. The maximum atomic E-state index is 9.14. The molecule has 18 heavy (non-hydrogen) atoms. The third-order valence-corrected chi connectivity index (χ3v) is 3.06. The van der Waals surface area contributed by atoms with Crippen LogP contribution in [0, 0.1) is 0 Å². The van der Waals surface area contributed by atoms with Gasteiger partial charge in [0.2, 0.25) is 0 Å². The molecule has 0 aliphatic heterocycles. The van der Waals surface area contributed by atoms with Crippen LogP contribution in [-0.4, -0.2) is 17.8 Å². The number of rotatable bonds is 5. The number of nitrogens with one attached hydrogen (secondary N) is 1. The lowest BCUT2D eigenvalue weighted by molar-refractivity contribution is 0.190. The second-order valence-electron chi connectivity index (χ2n) is 4.25. The van der Waals surface area contributed by atoms with Crippen molar-refractivity contribution in [3.63, 3.8) is 0 Å². The maximum Gasteiger partial charge on any atom is 0.134 e. The molecule has 2 rings (SSSR count). The minimum atomic E-state index is -0.342. The SMILES string of the molecule is C[C@H](O)CNCc1ccc(-c2ccc(Br)cc2)o1. The summed E-state index contributed by atoms with van der Waals surface area (Å²) < 4.78 is 6.78. The molecule has 0 spiro atoms. The van der Waals surface area contributed by atoms with Crippen LogP contribution >= 0.6 is 15.9 Å². The Morgan fingerprint density at radius 2 is 1.94 bits per heavy atom. The molecule has 1 aromatic carbocycles. The van der Waals surface area contributed by atoms with Gasteiger partial charge in [-0.3, -0.25) is 0 Å². The van der Waals surface area contributed by atoms with Crippen molar-refractivity contribution in [1.29, 1.82) is 0 Å². The second kappa shape index (κ2) is 6.18. The molecule has 4 heteroatoms. The fraction of sp³-hybridized carbons (Fsp3) is 0.286. The van der Waals surface area contributed by atoms with Crippen LogP contribution in [0.2, 0.25) is 0 Å². The second-order valence-corrected chi connectivity index (χ2v) is 5.17. The Kier molecular flexibility index (Phi) is 4.58. The molecule has 1 aromatic heterocycles. The van der Waals surface area contributed by atoms with Crippen LogP contribution in [0.25, 0.3) is 11.3 Å². The number of aliphatic hydroxyl groups excluding tert-OH is 1. The molecule has 1 atom stereocenters. The van der Waals surface area contributed by atoms with E-state index in [9.17, 15) is 0 Å². The van der Waals surface area contributed by atoms with E-state index in [-0.39, 0.29) is 6.10 Å². The fourth-order valence-electron chi connectivity index (χ4n) is 1.65. The van der Waals surface area contributed by atoms with Crippen molar-refractivity contribution in [3.05, 3.63) is 46.6 Å². The minimum Gasteiger partial charge on any atom is -0.460 e. The fourth-order valence-corrected chi connectivity index (χ4v) is 1.91. The minimum absolute atomic E-state index is 0.342. The van der Waals surface area contributed by atoms with Crippen LogP contribution in [0.4, 0.5) is 0 Å². The van der Waals surface area contributed by atoms with Gasteiger partial charge in [0, 0.05) is 16.6 Å². The molecule has 0 saturated carbocycles. The van der Waals surface area contributed by atoms with Crippen molar-refractivity contribution >= 4 is 15.9 Å². The first-order valence-corrected chi connectivity index (χ1v) is 6.68. The summed E-state index contributed by atoms with van der Waals surface area (Å²) in [6.07, 6.45) is -0.342. The zero-order valence-electron chi connectivity index (χ0n) is 10.2. The van der Waals surface area contributed by atoms with Gasteiger partial charge in [0.25, 0.3) is 0 Å². The highest BCUT2D eigenvalue weighted by molar-refractivity contribution is 9.10. The number of aliphatic hydroxyl groups is 1. The zero-order valence-corrected chi connectivity index (χ0v) is 11.8. The van der Waals surface area contributed by atoms with E-state index in [2.05, 4.69) is 21.2 Å². The lowest BCUT2D eigenvalue weighted by Crippen LogP contribution is -2.23. The van der Waals surface area contributed by atoms with E-state index in [0.29, 0.717) is 13.1 Å². The Morgan fingerprint density at radius 3 is 2.61 bits per heavy atom. The molecule has 0 aliphatic carbocycles. The van der Waals surface area contributed by atoms with E-state index < -0.39 is 0 Å². The summed E-state index contributed by atoms with van der Waals surface area (Å²) in [5.41, 5.74) is 1.06. The van der Waals surface area contributed by atoms with Crippen molar-refractivity contribution in [3.8, 4) is 11.3 Å². The van der Waals surface area contributed by atoms with Crippen LogP contribution < -0.4 is 5.32 Å². The van der Waals surface area contributed by atoms with E-state index in [0.717, 1.165) is 21.6 Å². The van der Waals surface area contributed by atoms with E-state index in [1.807, 2.05) is 36.4 Å². The predicted octanol–water partition coefficient (Wildman–Crippen LogP) is 3.18. The van der Waals surface area contributed by atoms with Gasteiger partial charge < -0.3 is 14.8 Å². The topological polar surface area (TPSA) is 45.4 Å². The largest absolute Gasteiger partial charge is 0.460 e. The van der Waals surface area contributed by atoms with Gasteiger partial charge in [0.15, 0.2) is 0 Å². The lowest BCUT2D eigenvalue weighted by atomic mass is 10.2. The van der Waals surface area contributed by atoms with E-state index in [1.165, 1.54) is 0 Å². The van der Waals surface area contributed by atoms with Gasteiger partial charge >= 0.3 is 0 Å². The third kappa shape index (κ3) is 3.70. The molecule has 0 bridgehead atoms. The number of halogens is 1. The monoisotopic (exact) mass is 309 g/mol. The predicted molar refractivity (Wildman–Crippen MR) is 75.2 cm³/mol. The Morgan fingerprint density at radius 1 is 1.22 bits per heavy atom. The molecule has 2 N–H and O–H groups in total. The molecule has 2 aromatic rings. The van der Waals surface area contributed by atoms with Gasteiger partial charge in [-0.2, -0.15) is 0 Å². The first-order valence-electron chi connectivity index (χ1n) is 5.88. The summed E-state index contributed by atoms with van der Waals surface area (Å²) in [5.74, 6) is 1.73. The van der Waals surface area contributed by atoms with Crippen LogP contribution in [0.1, 0.15) is 12.7 Å². The molecule has 0 aliphatic rings. The van der Waals surface area contributed by atoms with Crippen LogP contribution in [0.3, 0.4) is 0 Å². The Labute approximate surface area is 115 Å². The summed E-state index contributed by atoms with van der Waals surface area (Å²) in [7, 11) is 0. The van der Waals surface area contributed by atoms with Gasteiger partial charge in [-0.25, -0.2) is 0 Å². The van der Waals surface area contributed by atoms with Crippen molar-refractivity contribution in [2.45, 2.75) is 19.6 Å². The van der Waals surface area contributed by atoms with Crippen LogP contribution in [-0.2, 0) is 6.54 Å². The average molecular weight is 310 g/mol. The van der Waals surface area contributed by atoms with Crippen molar-refractivity contribution < 1.29 is 9.52 Å². The molecule has 0 unspecified atom stereocenters. The van der Waals surface area contributed by atoms with Gasteiger partial charge in [0.05, 0.1) is 12.6 Å². The highest BCUT2D eigenvalue weighted by Gasteiger charge is 2.04. The smallest absolute Gasteiger partial charge is 0.134 e. The molecule has 1 heterocycles. The first kappa shape index (κ1) is 13.3. The molecule has 0 saturated heterocycles. The quantitative estimate of drug-likeness (QED) is 0.891. The Hall–Kier alpha value is -1.10. The standard InChI is InChI=1S/C14H16BrNO2/c1-10(17)8-16-9-13-6-7-14(18-13)11-2-4-12(15)5-3-11/h2-7,10,16-17H,8-9H2,1H3/t10-/m0/s1. The summed E-state index contributed by atoms with van der Waals surface area (Å²) in [5, 5.41) is 12.3. The van der Waals surface area contributed by atoms with Gasteiger partial charge in [-0.1, -0.05) is 28.1 Å². The molecular formula is C14H16BrNO2. The van der Waals surface area contributed by atoms with Crippen molar-refractivity contribution in [1.82, 2.24) is 5.32 Å². The summed E-state index contributed by atoms with van der Waals surface area (Å²) in [6.45, 7) is 2.94. The summed E-state index contributed by atoms with van der Waals surface area (Å²) in [6, 6.07) is 11.9. The maximum absolute atomic E-state index is 9.14. The highest BCUT2D eigenvalue weighted by atomic mass is 79.9. The highest BCUT2D eigenvalue weighted by Crippen LogP contribution is 2.23. The molecule has 0 fully saturated rings. The number of furan rings is 1. The normalized spacial score (nSPS) is 12.6. The van der Waals surface area contributed by atoms with E-state index in [1.54, 1.807) is 6.92 Å². The van der Waals surface area contributed by atoms with E-state index in [4.69, 9.17) is 9.52 Å². The van der Waals surface area contributed by atoms with Gasteiger partial charge in [0.1, 0.15) is 11.5 Å². The molecule has 3 nitrogen and oxygen atoms in total. The molecule has 0 amide bonds. The molecular weight excluding hydrogens is 294 g/mol. The van der Waals surface area contributed by atoms with Gasteiger partial charge in [-0.05, 0) is 31.2 Å². The third-order valence-electron chi connectivity index (χ3n) is 2.53.